The van der Waals surface area contributed by atoms with Crippen molar-refractivity contribution >= 4 is 0 Å². The highest BCUT2D eigenvalue weighted by molar-refractivity contribution is 4.82. The number of rotatable bonds is 11. The standard InChI is InChI=1S/C18H39N3/c1-5-12-19-18(17-10-8-7-9-11-17)16-21(13-6-2)15-14-20(3)4/h17-19H,5-16H2,1-4H3. The number of hydrogen-bond acceptors (Lipinski definition) is 3. The Balaban J connectivity index is 2.52. The van der Waals surface area contributed by atoms with Gasteiger partial charge in [0.15, 0.2) is 0 Å². The fourth-order valence-corrected chi connectivity index (χ4v) is 3.48. The van der Waals surface area contributed by atoms with E-state index in [1.807, 2.05) is 0 Å². The molecule has 0 aromatic rings. The van der Waals surface area contributed by atoms with Gasteiger partial charge in [-0.15, -0.1) is 0 Å². The topological polar surface area (TPSA) is 18.5 Å². The Morgan fingerprint density at radius 1 is 0.952 bits per heavy atom. The largest absolute Gasteiger partial charge is 0.312 e. The third-order valence-electron chi connectivity index (χ3n) is 4.73. The van der Waals surface area contributed by atoms with Gasteiger partial charge in [0.1, 0.15) is 0 Å². The van der Waals surface area contributed by atoms with Crippen molar-refractivity contribution in [3.05, 3.63) is 0 Å². The molecule has 1 aliphatic carbocycles. The van der Waals surface area contributed by atoms with E-state index >= 15 is 0 Å². The van der Waals surface area contributed by atoms with Crippen LogP contribution in [0.4, 0.5) is 0 Å². The molecule has 0 amide bonds. The maximum atomic E-state index is 3.86. The maximum absolute atomic E-state index is 3.86. The first-order valence-corrected chi connectivity index (χ1v) is 9.27. The summed E-state index contributed by atoms with van der Waals surface area (Å²) in [5, 5.41) is 3.86. The molecule has 126 valence electrons. The monoisotopic (exact) mass is 297 g/mol. The molecule has 1 N–H and O–H groups in total. The van der Waals surface area contributed by atoms with E-state index in [1.54, 1.807) is 0 Å². The third kappa shape index (κ3) is 8.18. The second-order valence-electron chi connectivity index (χ2n) is 7.06. The van der Waals surface area contributed by atoms with Gasteiger partial charge in [0, 0.05) is 25.7 Å². The fourth-order valence-electron chi connectivity index (χ4n) is 3.48. The van der Waals surface area contributed by atoms with Crippen molar-refractivity contribution in [2.75, 3.05) is 46.8 Å². The second kappa shape index (κ2) is 11.4. The average molecular weight is 298 g/mol. The Morgan fingerprint density at radius 3 is 2.24 bits per heavy atom. The summed E-state index contributed by atoms with van der Waals surface area (Å²) in [5.41, 5.74) is 0. The van der Waals surface area contributed by atoms with Crippen molar-refractivity contribution < 1.29 is 0 Å². The number of nitrogens with zero attached hydrogens (tertiary/aromatic N) is 2. The molecular weight excluding hydrogens is 258 g/mol. The van der Waals surface area contributed by atoms with Crippen molar-refractivity contribution in [2.24, 2.45) is 5.92 Å². The van der Waals surface area contributed by atoms with E-state index in [9.17, 15) is 0 Å². The quantitative estimate of drug-likeness (QED) is 0.632. The van der Waals surface area contributed by atoms with Crippen LogP contribution in [0.15, 0.2) is 0 Å². The summed E-state index contributed by atoms with van der Waals surface area (Å²) in [7, 11) is 4.36. The first kappa shape index (κ1) is 18.9. The minimum Gasteiger partial charge on any atom is -0.312 e. The van der Waals surface area contributed by atoms with Crippen LogP contribution >= 0.6 is 0 Å². The van der Waals surface area contributed by atoms with Gasteiger partial charge in [0.25, 0.3) is 0 Å². The summed E-state index contributed by atoms with van der Waals surface area (Å²) < 4.78 is 0. The van der Waals surface area contributed by atoms with Gasteiger partial charge in [-0.1, -0.05) is 33.1 Å². The molecule has 0 heterocycles. The molecule has 0 radical (unpaired) electrons. The first-order valence-electron chi connectivity index (χ1n) is 9.27. The molecule has 0 bridgehead atoms. The normalized spacial score (nSPS) is 18.6. The summed E-state index contributed by atoms with van der Waals surface area (Å²) in [5.74, 6) is 0.906. The Labute approximate surface area is 133 Å². The van der Waals surface area contributed by atoms with Crippen LogP contribution in [0, 0.1) is 5.92 Å². The molecule has 3 nitrogen and oxygen atoms in total. The van der Waals surface area contributed by atoms with Crippen LogP contribution in [-0.4, -0.2) is 62.7 Å². The van der Waals surface area contributed by atoms with Crippen molar-refractivity contribution in [1.82, 2.24) is 15.1 Å². The Morgan fingerprint density at radius 2 is 1.67 bits per heavy atom. The summed E-state index contributed by atoms with van der Waals surface area (Å²) in [6.45, 7) is 10.6. The lowest BCUT2D eigenvalue weighted by Crippen LogP contribution is -2.48. The zero-order valence-corrected chi connectivity index (χ0v) is 15.0. The summed E-state index contributed by atoms with van der Waals surface area (Å²) in [4.78, 5) is 4.99. The molecule has 1 aliphatic rings. The van der Waals surface area contributed by atoms with E-state index in [4.69, 9.17) is 0 Å². The van der Waals surface area contributed by atoms with Crippen molar-refractivity contribution in [3.63, 3.8) is 0 Å². The zero-order chi connectivity index (χ0) is 15.5. The smallest absolute Gasteiger partial charge is 0.0223 e. The highest BCUT2D eigenvalue weighted by atomic mass is 15.2. The number of likely N-dealkylation sites (N-methyl/N-ethyl adjacent to an activating group) is 1. The maximum Gasteiger partial charge on any atom is 0.0223 e. The van der Waals surface area contributed by atoms with Crippen LogP contribution in [-0.2, 0) is 0 Å². The van der Waals surface area contributed by atoms with E-state index in [0.29, 0.717) is 6.04 Å². The molecule has 1 atom stereocenters. The zero-order valence-electron chi connectivity index (χ0n) is 15.0. The van der Waals surface area contributed by atoms with Crippen LogP contribution in [0.25, 0.3) is 0 Å². The van der Waals surface area contributed by atoms with Gasteiger partial charge in [0.2, 0.25) is 0 Å². The van der Waals surface area contributed by atoms with Gasteiger partial charge in [-0.3, -0.25) is 0 Å². The first-order chi connectivity index (χ1) is 10.2. The molecule has 0 aromatic heterocycles. The lowest BCUT2D eigenvalue weighted by molar-refractivity contribution is 0.173. The van der Waals surface area contributed by atoms with Gasteiger partial charge in [-0.25, -0.2) is 0 Å². The van der Waals surface area contributed by atoms with Gasteiger partial charge < -0.3 is 15.1 Å². The SMILES string of the molecule is CCCNC(CN(CCC)CCN(C)C)C1CCCCC1. The van der Waals surface area contributed by atoms with Crippen LogP contribution in [0.1, 0.15) is 58.8 Å². The minimum absolute atomic E-state index is 0.707. The van der Waals surface area contributed by atoms with Gasteiger partial charge >= 0.3 is 0 Å². The van der Waals surface area contributed by atoms with Gasteiger partial charge in [-0.2, -0.15) is 0 Å². The predicted octanol–water partition coefficient (Wildman–Crippen LogP) is 3.21. The molecule has 0 aliphatic heterocycles. The van der Waals surface area contributed by atoms with Crippen LogP contribution in [0.3, 0.4) is 0 Å². The van der Waals surface area contributed by atoms with E-state index < -0.39 is 0 Å². The Kier molecular flexibility index (Phi) is 10.3. The summed E-state index contributed by atoms with van der Waals surface area (Å²) in [6.07, 6.45) is 9.73. The molecule has 1 saturated carbocycles. The van der Waals surface area contributed by atoms with Crippen LogP contribution in [0.5, 0.6) is 0 Å². The fraction of sp³-hybridized carbons (Fsp3) is 1.00. The molecule has 1 unspecified atom stereocenters. The van der Waals surface area contributed by atoms with Crippen molar-refractivity contribution in [3.8, 4) is 0 Å². The molecule has 3 heteroatoms. The lowest BCUT2D eigenvalue weighted by atomic mass is 9.83. The summed E-state index contributed by atoms with van der Waals surface area (Å²) >= 11 is 0. The highest BCUT2D eigenvalue weighted by Crippen LogP contribution is 2.27. The van der Waals surface area contributed by atoms with Crippen molar-refractivity contribution in [1.29, 1.82) is 0 Å². The van der Waals surface area contributed by atoms with E-state index in [-0.39, 0.29) is 0 Å². The average Bonchev–Trinajstić information content (AvgIpc) is 2.49. The van der Waals surface area contributed by atoms with E-state index in [1.165, 1.54) is 77.7 Å². The molecule has 1 fully saturated rings. The lowest BCUT2D eigenvalue weighted by Gasteiger charge is -2.35. The van der Waals surface area contributed by atoms with E-state index in [2.05, 4.69) is 43.1 Å². The summed E-state index contributed by atoms with van der Waals surface area (Å²) in [6, 6.07) is 0.707. The van der Waals surface area contributed by atoms with Gasteiger partial charge in [0.05, 0.1) is 0 Å². The molecule has 21 heavy (non-hydrogen) atoms. The molecule has 1 rings (SSSR count). The highest BCUT2D eigenvalue weighted by Gasteiger charge is 2.24. The number of hydrogen-bond donors (Lipinski definition) is 1. The molecule has 0 saturated heterocycles. The minimum atomic E-state index is 0.707. The Hall–Kier alpha value is -0.120. The van der Waals surface area contributed by atoms with Crippen molar-refractivity contribution in [2.45, 2.75) is 64.8 Å². The van der Waals surface area contributed by atoms with Crippen LogP contribution in [0.2, 0.25) is 0 Å². The molecule has 0 aromatic carbocycles. The molecular formula is C18H39N3. The Bertz CT molecular complexity index is 237. The molecule has 0 spiro atoms. The van der Waals surface area contributed by atoms with Gasteiger partial charge in [-0.05, 0) is 58.8 Å². The third-order valence-corrected chi connectivity index (χ3v) is 4.73. The van der Waals surface area contributed by atoms with Crippen LogP contribution < -0.4 is 5.32 Å². The number of nitrogens with one attached hydrogen (secondary N) is 1. The van der Waals surface area contributed by atoms with E-state index in [0.717, 1.165) is 5.92 Å². The second-order valence-corrected chi connectivity index (χ2v) is 7.06. The predicted molar refractivity (Wildman–Crippen MR) is 93.9 cm³/mol.